The third kappa shape index (κ3) is 5.15. The van der Waals surface area contributed by atoms with Crippen LogP contribution in [0.3, 0.4) is 0 Å². The van der Waals surface area contributed by atoms with Crippen molar-refractivity contribution in [2.24, 2.45) is 5.92 Å². The molecule has 0 aliphatic carbocycles. The van der Waals surface area contributed by atoms with Gasteiger partial charge in [-0.15, -0.1) is 0 Å². The Labute approximate surface area is 182 Å². The highest BCUT2D eigenvalue weighted by atomic mass is 32.2. The van der Waals surface area contributed by atoms with Gasteiger partial charge in [0.2, 0.25) is 0 Å². The molecule has 152 valence electrons. The molecule has 3 nitrogen and oxygen atoms in total. The van der Waals surface area contributed by atoms with E-state index in [0.717, 1.165) is 33.9 Å². The number of nitrogens with zero attached hydrogens (tertiary/aromatic N) is 1. The van der Waals surface area contributed by atoms with E-state index in [1.807, 2.05) is 12.1 Å². The molecule has 1 aliphatic heterocycles. The Kier molecular flexibility index (Phi) is 7.77. The quantitative estimate of drug-likeness (QED) is 0.364. The van der Waals surface area contributed by atoms with E-state index >= 15 is 0 Å². The van der Waals surface area contributed by atoms with Crippen molar-refractivity contribution < 1.29 is 9.59 Å². The molecule has 0 aromatic heterocycles. The van der Waals surface area contributed by atoms with Crippen molar-refractivity contribution in [1.82, 2.24) is 0 Å². The lowest BCUT2D eigenvalue weighted by atomic mass is 9.97. The first-order valence-corrected chi connectivity index (χ1v) is 11.2. The van der Waals surface area contributed by atoms with Gasteiger partial charge < -0.3 is 4.90 Å². The summed E-state index contributed by atoms with van der Waals surface area (Å²) < 4.78 is 0. The summed E-state index contributed by atoms with van der Waals surface area (Å²) in [5.74, 6) is 3.99. The number of benzene rings is 2. The van der Waals surface area contributed by atoms with E-state index in [9.17, 15) is 9.59 Å². The molecule has 0 spiro atoms. The van der Waals surface area contributed by atoms with Gasteiger partial charge in [0, 0.05) is 16.3 Å². The average Bonchev–Trinajstić information content (AvgIpc) is 2.77. The highest BCUT2D eigenvalue weighted by molar-refractivity contribution is 7.99. The Morgan fingerprint density at radius 3 is 1.97 bits per heavy atom. The molecular formula is C26H25NO2S. The molecule has 4 heteroatoms. The molecule has 1 atom stereocenters. The third-order valence-electron chi connectivity index (χ3n) is 5.35. The minimum atomic E-state index is 0.615. The Hall–Kier alpha value is -2.95. The van der Waals surface area contributed by atoms with Crippen molar-refractivity contribution in [3.8, 4) is 0 Å². The van der Waals surface area contributed by atoms with Crippen LogP contribution in [0, 0.1) is 5.92 Å². The minimum Gasteiger partial charge on any atom is -0.339 e. The number of anilines is 2. The summed E-state index contributed by atoms with van der Waals surface area (Å²) in [7, 11) is 0. The summed E-state index contributed by atoms with van der Waals surface area (Å²) in [6.07, 6.45) is 8.11. The zero-order valence-corrected chi connectivity index (χ0v) is 18.2. The largest absolute Gasteiger partial charge is 0.339 e. The zero-order valence-electron chi connectivity index (χ0n) is 17.4. The molecule has 0 radical (unpaired) electrons. The van der Waals surface area contributed by atoms with Gasteiger partial charge in [0.15, 0.2) is 11.9 Å². The predicted molar refractivity (Wildman–Crippen MR) is 125 cm³/mol. The Morgan fingerprint density at radius 2 is 1.50 bits per heavy atom. The molecule has 2 aromatic rings. The molecule has 0 amide bonds. The monoisotopic (exact) mass is 415 g/mol. The summed E-state index contributed by atoms with van der Waals surface area (Å²) in [6.45, 7) is 5.46. The van der Waals surface area contributed by atoms with E-state index in [4.69, 9.17) is 0 Å². The van der Waals surface area contributed by atoms with Gasteiger partial charge in [0.1, 0.15) is 0 Å². The first-order valence-electron chi connectivity index (χ1n) is 10.3. The maximum atomic E-state index is 10.5. The highest BCUT2D eigenvalue weighted by Crippen LogP contribution is 2.49. The molecule has 0 N–H and O–H groups in total. The molecule has 1 heterocycles. The predicted octanol–water partition coefficient (Wildman–Crippen LogP) is 6.51. The molecule has 3 rings (SSSR count). The fourth-order valence-electron chi connectivity index (χ4n) is 3.70. The summed E-state index contributed by atoms with van der Waals surface area (Å²) in [4.78, 5) is 25.8. The smallest absolute Gasteiger partial charge is 0.177 e. The van der Waals surface area contributed by atoms with Gasteiger partial charge in [-0.3, -0.25) is 0 Å². The van der Waals surface area contributed by atoms with Gasteiger partial charge >= 0.3 is 0 Å². The Balaban J connectivity index is 2.06. The van der Waals surface area contributed by atoms with Crippen LogP contribution in [0.25, 0.3) is 12.2 Å². The van der Waals surface area contributed by atoms with Gasteiger partial charge in [-0.2, -0.15) is 0 Å². The van der Waals surface area contributed by atoms with Crippen LogP contribution in [-0.4, -0.2) is 18.4 Å². The van der Waals surface area contributed by atoms with Crippen LogP contribution in [0.5, 0.6) is 0 Å². The van der Waals surface area contributed by atoms with Crippen molar-refractivity contribution in [2.45, 2.75) is 49.3 Å². The number of carbonyl (C=O) groups excluding carboxylic acids is 2. The van der Waals surface area contributed by atoms with Crippen LogP contribution in [0.15, 0.2) is 57.7 Å². The van der Waals surface area contributed by atoms with Crippen molar-refractivity contribution >= 4 is 47.2 Å². The summed E-state index contributed by atoms with van der Waals surface area (Å²) in [5, 5.41) is 0. The molecule has 30 heavy (non-hydrogen) atoms. The number of rotatable bonds is 8. The first kappa shape index (κ1) is 21.8. The lowest BCUT2D eigenvalue weighted by Gasteiger charge is -2.35. The summed E-state index contributed by atoms with van der Waals surface area (Å²) >= 11 is 1.70. The molecule has 0 bridgehead atoms. The van der Waals surface area contributed by atoms with Crippen LogP contribution < -0.4 is 4.90 Å². The topological polar surface area (TPSA) is 37.4 Å². The van der Waals surface area contributed by atoms with Gasteiger partial charge in [-0.25, -0.2) is 9.59 Å². The fraction of sp³-hybridized carbons (Fsp3) is 0.308. The van der Waals surface area contributed by atoms with E-state index in [-0.39, 0.29) is 0 Å². The second-order valence-electron chi connectivity index (χ2n) is 7.36. The van der Waals surface area contributed by atoms with Gasteiger partial charge in [-0.1, -0.05) is 57.0 Å². The molecule has 0 saturated heterocycles. The molecular weight excluding hydrogens is 390 g/mol. The number of unbranched alkanes of at least 4 members (excludes halogenated alkanes) is 1. The van der Waals surface area contributed by atoms with Crippen LogP contribution in [0.2, 0.25) is 0 Å². The highest BCUT2D eigenvalue weighted by Gasteiger charge is 2.25. The Bertz CT molecular complexity index is 1000. The van der Waals surface area contributed by atoms with Crippen LogP contribution in [0.4, 0.5) is 11.4 Å². The van der Waals surface area contributed by atoms with E-state index in [1.165, 1.54) is 30.6 Å². The number of fused-ring (bicyclic) bond motifs is 2. The minimum absolute atomic E-state index is 0.615. The van der Waals surface area contributed by atoms with E-state index < -0.39 is 0 Å². The zero-order chi connectivity index (χ0) is 21.3. The van der Waals surface area contributed by atoms with Gasteiger partial charge in [0.25, 0.3) is 0 Å². The average molecular weight is 416 g/mol. The fourth-order valence-corrected chi connectivity index (χ4v) is 4.89. The van der Waals surface area contributed by atoms with Crippen LogP contribution >= 0.6 is 11.8 Å². The SMILES string of the molecule is CCCCC(CC)CN1c2ccc(C=C=C=O)cc2Sc2cc(C=C=C=O)ccc21. The van der Waals surface area contributed by atoms with Crippen molar-refractivity contribution in [3.63, 3.8) is 0 Å². The molecule has 2 aromatic carbocycles. The maximum Gasteiger partial charge on any atom is 0.177 e. The Morgan fingerprint density at radius 1 is 0.933 bits per heavy atom. The lowest BCUT2D eigenvalue weighted by Crippen LogP contribution is -2.27. The maximum absolute atomic E-state index is 10.5. The normalized spacial score (nSPS) is 12.4. The first-order chi connectivity index (χ1) is 14.7. The van der Waals surface area contributed by atoms with Crippen molar-refractivity contribution in [2.75, 3.05) is 11.4 Å². The molecule has 0 saturated carbocycles. The molecule has 1 aliphatic rings. The second-order valence-corrected chi connectivity index (χ2v) is 8.45. The molecule has 1 unspecified atom stereocenters. The van der Waals surface area contributed by atoms with Crippen LogP contribution in [0.1, 0.15) is 50.7 Å². The third-order valence-corrected chi connectivity index (χ3v) is 6.44. The number of hydrogen-bond acceptors (Lipinski definition) is 4. The van der Waals surface area contributed by atoms with E-state index in [0.29, 0.717) is 5.92 Å². The standard InChI is InChI=1S/C26H25NO2S/c1-3-5-8-20(4-2)19-27-23-13-11-21(9-6-15-28)17-25(23)30-26-18-22(10-7-16-29)12-14-24(26)27/h9-14,17-18,20H,3-5,8,19H2,1-2H3. The van der Waals surface area contributed by atoms with Crippen molar-refractivity contribution in [1.29, 1.82) is 0 Å². The van der Waals surface area contributed by atoms with E-state index in [1.54, 1.807) is 35.8 Å². The molecule has 0 fully saturated rings. The van der Waals surface area contributed by atoms with Crippen molar-refractivity contribution in [3.05, 3.63) is 59.0 Å². The van der Waals surface area contributed by atoms with Gasteiger partial charge in [-0.05, 0) is 71.3 Å². The lowest BCUT2D eigenvalue weighted by molar-refractivity contribution is 0.457. The van der Waals surface area contributed by atoms with E-state index in [2.05, 4.69) is 54.5 Å². The summed E-state index contributed by atoms with van der Waals surface area (Å²) in [5.41, 5.74) is 9.21. The summed E-state index contributed by atoms with van der Waals surface area (Å²) in [6, 6.07) is 12.4. The van der Waals surface area contributed by atoms with Crippen LogP contribution in [-0.2, 0) is 9.59 Å². The number of hydrogen-bond donors (Lipinski definition) is 0. The second kappa shape index (κ2) is 10.7. The van der Waals surface area contributed by atoms with Gasteiger partial charge in [0.05, 0.1) is 11.4 Å².